The number of carbonyl (C=O) groups is 1. The Morgan fingerprint density at radius 1 is 1.21 bits per heavy atom. The van der Waals surface area contributed by atoms with Crippen molar-refractivity contribution in [2.75, 3.05) is 26.2 Å². The summed E-state index contributed by atoms with van der Waals surface area (Å²) in [7, 11) is 0. The molecule has 2 aromatic rings. The van der Waals surface area contributed by atoms with Crippen LogP contribution in [0.25, 0.3) is 6.08 Å². The largest absolute Gasteiger partial charge is 0.492 e. The number of likely N-dealkylation sites (N-methyl/N-ethyl adjacent to an activating group) is 1. The van der Waals surface area contributed by atoms with Crippen LogP contribution in [0.15, 0.2) is 28.4 Å². The minimum Gasteiger partial charge on any atom is -0.492 e. The van der Waals surface area contributed by atoms with E-state index in [1.54, 1.807) is 0 Å². The fraction of sp³-hybridized carbons (Fsp3) is 0.458. The molecular formula is C24H28FNO3. The normalized spacial score (nSPS) is 16.9. The highest BCUT2D eigenvalue weighted by molar-refractivity contribution is 6.15. The number of ketones is 1. The second-order valence-corrected chi connectivity index (χ2v) is 8.27. The maximum atomic E-state index is 13.9. The van der Waals surface area contributed by atoms with E-state index in [0.29, 0.717) is 47.7 Å². The molecule has 0 saturated heterocycles. The first-order valence-corrected chi connectivity index (χ1v) is 10.4. The summed E-state index contributed by atoms with van der Waals surface area (Å²) in [6.45, 7) is 11.8. The minimum absolute atomic E-state index is 0.0973. The quantitative estimate of drug-likeness (QED) is 0.678. The lowest BCUT2D eigenvalue weighted by atomic mass is 9.71. The Balaban J connectivity index is 1.67. The summed E-state index contributed by atoms with van der Waals surface area (Å²) in [5.41, 5.74) is 2.17. The van der Waals surface area contributed by atoms with E-state index in [4.69, 9.17) is 9.15 Å². The number of furan rings is 1. The molecule has 0 radical (unpaired) electrons. The van der Waals surface area contributed by atoms with Gasteiger partial charge in [0.1, 0.15) is 29.7 Å². The van der Waals surface area contributed by atoms with Gasteiger partial charge in [0, 0.05) is 35.9 Å². The standard InChI is InChI=1S/C24H28FNO3/c1-5-26(6-2)11-12-28-16-8-9-17-19(14-16)24(3,4)23-21(22(17)27)18-13-15(25)7-10-20(18)29-23/h8-9,13-14H,5-7,10-12H2,1-4H3. The average Bonchev–Trinajstić information content (AvgIpc) is 3.09. The second kappa shape index (κ2) is 7.45. The van der Waals surface area contributed by atoms with Crippen LogP contribution in [0.2, 0.25) is 0 Å². The summed E-state index contributed by atoms with van der Waals surface area (Å²) in [5, 5.41) is 0. The number of carbonyl (C=O) groups excluding carboxylic acids is 1. The van der Waals surface area contributed by atoms with Crippen LogP contribution in [0.4, 0.5) is 4.39 Å². The molecule has 0 saturated carbocycles. The van der Waals surface area contributed by atoms with Gasteiger partial charge in [0.2, 0.25) is 0 Å². The molecule has 2 aliphatic rings. The smallest absolute Gasteiger partial charge is 0.197 e. The van der Waals surface area contributed by atoms with E-state index in [9.17, 15) is 9.18 Å². The molecule has 154 valence electrons. The summed E-state index contributed by atoms with van der Waals surface area (Å²) in [6, 6.07) is 5.64. The van der Waals surface area contributed by atoms with Gasteiger partial charge in [-0.05, 0) is 56.8 Å². The molecule has 0 N–H and O–H groups in total. The maximum Gasteiger partial charge on any atom is 0.197 e. The van der Waals surface area contributed by atoms with Gasteiger partial charge in [-0.15, -0.1) is 0 Å². The Morgan fingerprint density at radius 3 is 2.69 bits per heavy atom. The molecule has 5 heteroatoms. The van der Waals surface area contributed by atoms with Crippen LogP contribution in [0.3, 0.4) is 0 Å². The van der Waals surface area contributed by atoms with E-state index in [1.165, 1.54) is 6.08 Å². The Morgan fingerprint density at radius 2 is 1.97 bits per heavy atom. The Hall–Kier alpha value is -2.40. The molecule has 1 aromatic carbocycles. The third-order valence-electron chi connectivity index (χ3n) is 6.19. The van der Waals surface area contributed by atoms with Crippen molar-refractivity contribution in [3.63, 3.8) is 0 Å². The van der Waals surface area contributed by atoms with Gasteiger partial charge in [0.05, 0.1) is 5.56 Å². The first-order chi connectivity index (χ1) is 13.9. The van der Waals surface area contributed by atoms with Crippen molar-refractivity contribution < 1.29 is 18.3 Å². The van der Waals surface area contributed by atoms with Crippen LogP contribution in [0.1, 0.15) is 72.7 Å². The molecule has 0 amide bonds. The van der Waals surface area contributed by atoms with Crippen LogP contribution in [0, 0.1) is 0 Å². The third-order valence-corrected chi connectivity index (χ3v) is 6.19. The highest BCUT2D eigenvalue weighted by atomic mass is 19.1. The first-order valence-electron chi connectivity index (χ1n) is 10.4. The summed E-state index contributed by atoms with van der Waals surface area (Å²) in [4.78, 5) is 15.6. The van der Waals surface area contributed by atoms with Crippen LogP contribution < -0.4 is 4.74 Å². The average molecular weight is 397 g/mol. The molecule has 29 heavy (non-hydrogen) atoms. The van der Waals surface area contributed by atoms with Crippen molar-refractivity contribution in [1.29, 1.82) is 0 Å². The third kappa shape index (κ3) is 3.31. The molecule has 0 atom stereocenters. The van der Waals surface area contributed by atoms with E-state index < -0.39 is 5.41 Å². The maximum absolute atomic E-state index is 13.9. The highest BCUT2D eigenvalue weighted by Crippen LogP contribution is 2.47. The van der Waals surface area contributed by atoms with Crippen molar-refractivity contribution in [1.82, 2.24) is 4.90 Å². The lowest BCUT2D eigenvalue weighted by Crippen LogP contribution is -2.30. The molecule has 0 bridgehead atoms. The Bertz CT molecular complexity index is 982. The zero-order valence-corrected chi connectivity index (χ0v) is 17.6. The summed E-state index contributed by atoms with van der Waals surface area (Å²) in [6.07, 6.45) is 2.28. The van der Waals surface area contributed by atoms with Crippen LogP contribution in [-0.2, 0) is 11.8 Å². The van der Waals surface area contributed by atoms with Gasteiger partial charge >= 0.3 is 0 Å². The fourth-order valence-electron chi connectivity index (χ4n) is 4.37. The summed E-state index contributed by atoms with van der Waals surface area (Å²) < 4.78 is 26.0. The van der Waals surface area contributed by atoms with Gasteiger partial charge in [0.15, 0.2) is 5.78 Å². The number of halogens is 1. The molecule has 4 rings (SSSR count). The lowest BCUT2D eigenvalue weighted by molar-refractivity contribution is 0.102. The summed E-state index contributed by atoms with van der Waals surface area (Å²) >= 11 is 0. The van der Waals surface area contributed by atoms with Gasteiger partial charge in [-0.2, -0.15) is 0 Å². The highest BCUT2D eigenvalue weighted by Gasteiger charge is 2.43. The van der Waals surface area contributed by atoms with Crippen LogP contribution >= 0.6 is 0 Å². The van der Waals surface area contributed by atoms with Crippen molar-refractivity contribution in [2.24, 2.45) is 0 Å². The van der Waals surface area contributed by atoms with E-state index in [0.717, 1.165) is 30.9 Å². The van der Waals surface area contributed by atoms with Crippen molar-refractivity contribution in [2.45, 2.75) is 46.0 Å². The number of rotatable bonds is 6. The van der Waals surface area contributed by atoms with Gasteiger partial charge < -0.3 is 14.1 Å². The number of aryl methyl sites for hydroxylation is 1. The number of allylic oxidation sites excluding steroid dienone is 1. The molecule has 1 aromatic heterocycles. The topological polar surface area (TPSA) is 42.7 Å². The van der Waals surface area contributed by atoms with E-state index >= 15 is 0 Å². The van der Waals surface area contributed by atoms with Crippen molar-refractivity contribution >= 4 is 11.9 Å². The monoisotopic (exact) mass is 397 g/mol. The molecule has 1 heterocycles. The van der Waals surface area contributed by atoms with Gasteiger partial charge in [-0.3, -0.25) is 4.79 Å². The number of hydrogen-bond donors (Lipinski definition) is 0. The minimum atomic E-state index is -0.502. The predicted octanol–water partition coefficient (Wildman–Crippen LogP) is 5.13. The zero-order chi connectivity index (χ0) is 20.8. The molecule has 0 aliphatic heterocycles. The van der Waals surface area contributed by atoms with Gasteiger partial charge in [0.25, 0.3) is 0 Å². The first kappa shape index (κ1) is 19.9. The van der Waals surface area contributed by atoms with Crippen molar-refractivity contribution in [3.05, 3.63) is 57.8 Å². The zero-order valence-electron chi connectivity index (χ0n) is 17.6. The molecule has 0 unspecified atom stereocenters. The van der Waals surface area contributed by atoms with E-state index in [2.05, 4.69) is 18.7 Å². The number of benzene rings is 1. The molecule has 4 nitrogen and oxygen atoms in total. The van der Waals surface area contributed by atoms with Crippen LogP contribution in [-0.4, -0.2) is 36.9 Å². The molecule has 2 aliphatic carbocycles. The lowest BCUT2D eigenvalue weighted by Gasteiger charge is -2.31. The van der Waals surface area contributed by atoms with Crippen molar-refractivity contribution in [3.8, 4) is 5.75 Å². The molecule has 0 fully saturated rings. The van der Waals surface area contributed by atoms with Gasteiger partial charge in [-0.25, -0.2) is 4.39 Å². The molecular weight excluding hydrogens is 369 g/mol. The SMILES string of the molecule is CCN(CC)CCOc1ccc2c(c1)C(C)(C)c1oc3c(c1C2=O)C=C(F)CC3. The Labute approximate surface area is 171 Å². The summed E-state index contributed by atoms with van der Waals surface area (Å²) in [5.74, 6) is 1.80. The van der Waals surface area contributed by atoms with Crippen LogP contribution in [0.5, 0.6) is 5.75 Å². The number of ether oxygens (including phenoxy) is 1. The Kier molecular flexibility index (Phi) is 5.11. The van der Waals surface area contributed by atoms with Gasteiger partial charge in [-0.1, -0.05) is 13.8 Å². The number of nitrogens with zero attached hydrogens (tertiary/aromatic N) is 1. The number of hydrogen-bond acceptors (Lipinski definition) is 4. The van der Waals surface area contributed by atoms with E-state index in [1.807, 2.05) is 32.0 Å². The predicted molar refractivity (Wildman–Crippen MR) is 111 cm³/mol. The fourth-order valence-corrected chi connectivity index (χ4v) is 4.37. The number of fused-ring (bicyclic) bond motifs is 4. The molecule has 0 spiro atoms. The second-order valence-electron chi connectivity index (χ2n) is 8.27. The van der Waals surface area contributed by atoms with E-state index in [-0.39, 0.29) is 11.6 Å².